The van der Waals surface area contributed by atoms with E-state index in [2.05, 4.69) is 4.74 Å². The van der Waals surface area contributed by atoms with E-state index >= 15 is 0 Å². The lowest BCUT2D eigenvalue weighted by Gasteiger charge is -2.10. The summed E-state index contributed by atoms with van der Waals surface area (Å²) in [4.78, 5) is 10.8. The van der Waals surface area contributed by atoms with Crippen molar-refractivity contribution in [1.29, 1.82) is 0 Å². The summed E-state index contributed by atoms with van der Waals surface area (Å²) in [5.74, 6) is 1.61. The van der Waals surface area contributed by atoms with Gasteiger partial charge in [-0.2, -0.15) is 0 Å². The minimum Gasteiger partial charge on any atom is -0.437 e. The molecule has 1 saturated carbocycles. The molecular weight excluding hydrogens is 156 g/mol. The molecule has 0 spiro atoms. The molecule has 66 valence electrons. The third-order valence-corrected chi connectivity index (χ3v) is 2.63. The highest BCUT2D eigenvalue weighted by atomic mass is 16.7. The highest BCUT2D eigenvalue weighted by Gasteiger charge is 2.32. The number of hydrogen-bond acceptors (Lipinski definition) is 3. The quantitative estimate of drug-likeness (QED) is 0.563. The number of hydrogen-bond donors (Lipinski definition) is 0. The molecule has 0 aliphatic heterocycles. The number of rotatable bonds is 1. The van der Waals surface area contributed by atoms with Crippen LogP contribution < -0.4 is 0 Å². The third kappa shape index (κ3) is 1.19. The van der Waals surface area contributed by atoms with Crippen molar-refractivity contribution in [3.63, 3.8) is 0 Å². The molecule has 2 aliphatic carbocycles. The summed E-state index contributed by atoms with van der Waals surface area (Å²) in [5.41, 5.74) is 1.32. The number of ether oxygens (including phenoxy) is 2. The molecule has 1 atom stereocenters. The van der Waals surface area contributed by atoms with Crippen LogP contribution in [0.3, 0.4) is 0 Å². The zero-order chi connectivity index (χ0) is 8.55. The summed E-state index contributed by atoms with van der Waals surface area (Å²) in [6.07, 6.45) is 3.86. The Kier molecular flexibility index (Phi) is 1.79. The molecule has 0 heterocycles. The van der Waals surface area contributed by atoms with Gasteiger partial charge >= 0.3 is 6.16 Å². The van der Waals surface area contributed by atoms with Crippen LogP contribution in [0.25, 0.3) is 0 Å². The van der Waals surface area contributed by atoms with Gasteiger partial charge in [0.05, 0.1) is 7.11 Å². The first-order valence-electron chi connectivity index (χ1n) is 4.26. The maximum absolute atomic E-state index is 10.8. The van der Waals surface area contributed by atoms with Gasteiger partial charge in [-0.15, -0.1) is 0 Å². The second-order valence-corrected chi connectivity index (χ2v) is 3.40. The molecule has 3 nitrogen and oxygen atoms in total. The van der Waals surface area contributed by atoms with Crippen molar-refractivity contribution >= 4 is 6.16 Å². The van der Waals surface area contributed by atoms with E-state index in [1.807, 2.05) is 0 Å². The fourth-order valence-corrected chi connectivity index (χ4v) is 2.02. The molecule has 0 saturated heterocycles. The molecule has 1 fully saturated rings. The molecule has 2 rings (SSSR count). The summed E-state index contributed by atoms with van der Waals surface area (Å²) in [7, 11) is 1.33. The van der Waals surface area contributed by atoms with Crippen molar-refractivity contribution in [3.05, 3.63) is 11.3 Å². The summed E-state index contributed by atoms with van der Waals surface area (Å²) in [6.45, 7) is 0. The maximum Gasteiger partial charge on any atom is 0.513 e. The van der Waals surface area contributed by atoms with Gasteiger partial charge in [-0.1, -0.05) is 0 Å². The Balaban J connectivity index is 2.01. The second kappa shape index (κ2) is 2.81. The molecule has 2 aliphatic rings. The van der Waals surface area contributed by atoms with Crippen LogP contribution in [0.15, 0.2) is 11.3 Å². The number of carbonyl (C=O) groups is 1. The fraction of sp³-hybridized carbons (Fsp3) is 0.667. The Labute approximate surface area is 71.3 Å². The first kappa shape index (κ1) is 7.65. The molecule has 0 N–H and O–H groups in total. The van der Waals surface area contributed by atoms with Gasteiger partial charge in [0.15, 0.2) is 0 Å². The van der Waals surface area contributed by atoms with Gasteiger partial charge in [0.1, 0.15) is 5.76 Å². The molecule has 0 aromatic rings. The molecular formula is C9H12O3. The van der Waals surface area contributed by atoms with Gasteiger partial charge in [-0.3, -0.25) is 0 Å². The van der Waals surface area contributed by atoms with E-state index in [-0.39, 0.29) is 0 Å². The summed E-state index contributed by atoms with van der Waals surface area (Å²) in [5, 5.41) is 0. The van der Waals surface area contributed by atoms with Gasteiger partial charge in [0.2, 0.25) is 0 Å². The van der Waals surface area contributed by atoms with Crippen molar-refractivity contribution in [1.82, 2.24) is 0 Å². The molecule has 3 heteroatoms. The van der Waals surface area contributed by atoms with Gasteiger partial charge in [0, 0.05) is 6.42 Å². The highest BCUT2D eigenvalue weighted by molar-refractivity contribution is 5.61. The molecule has 1 unspecified atom stereocenters. The molecule has 0 aromatic heterocycles. The first-order chi connectivity index (χ1) is 5.79. The number of carbonyl (C=O) groups excluding carboxylic acids is 1. The average Bonchev–Trinajstić information content (AvgIpc) is 2.64. The van der Waals surface area contributed by atoms with E-state index in [0.717, 1.165) is 30.9 Å². The second-order valence-electron chi connectivity index (χ2n) is 3.40. The van der Waals surface area contributed by atoms with Crippen molar-refractivity contribution in [2.75, 3.05) is 7.11 Å². The van der Waals surface area contributed by atoms with Crippen LogP contribution in [0, 0.1) is 5.92 Å². The minimum atomic E-state index is -0.579. The van der Waals surface area contributed by atoms with Crippen molar-refractivity contribution in [2.45, 2.75) is 25.7 Å². The largest absolute Gasteiger partial charge is 0.513 e. The SMILES string of the molecule is COC(=O)OC1=C2CCC(C2)C1. The van der Waals surface area contributed by atoms with E-state index < -0.39 is 6.16 Å². The highest BCUT2D eigenvalue weighted by Crippen LogP contribution is 2.44. The summed E-state index contributed by atoms with van der Waals surface area (Å²) in [6, 6.07) is 0. The maximum atomic E-state index is 10.8. The van der Waals surface area contributed by atoms with Gasteiger partial charge < -0.3 is 9.47 Å². The third-order valence-electron chi connectivity index (χ3n) is 2.63. The Morgan fingerprint density at radius 1 is 1.50 bits per heavy atom. The molecule has 0 aromatic carbocycles. The Morgan fingerprint density at radius 2 is 2.33 bits per heavy atom. The summed E-state index contributed by atoms with van der Waals surface area (Å²) < 4.78 is 9.44. The molecule has 12 heavy (non-hydrogen) atoms. The van der Waals surface area contributed by atoms with Crippen molar-refractivity contribution < 1.29 is 14.3 Å². The number of fused-ring (bicyclic) bond motifs is 2. The van der Waals surface area contributed by atoms with Crippen LogP contribution in [0.5, 0.6) is 0 Å². The van der Waals surface area contributed by atoms with E-state index in [4.69, 9.17) is 4.74 Å². The van der Waals surface area contributed by atoms with Gasteiger partial charge in [-0.25, -0.2) is 4.79 Å². The lowest BCUT2D eigenvalue weighted by Crippen LogP contribution is -2.06. The van der Waals surface area contributed by atoms with Crippen LogP contribution in [0.1, 0.15) is 25.7 Å². The Bertz CT molecular complexity index is 242. The van der Waals surface area contributed by atoms with Crippen molar-refractivity contribution in [3.8, 4) is 0 Å². The van der Waals surface area contributed by atoms with E-state index in [1.54, 1.807) is 0 Å². The molecule has 2 bridgehead atoms. The fourth-order valence-electron chi connectivity index (χ4n) is 2.02. The Hall–Kier alpha value is -0.990. The number of methoxy groups -OCH3 is 1. The molecule has 0 radical (unpaired) electrons. The normalized spacial score (nSPS) is 26.2. The standard InChI is InChI=1S/C9H12O3/c1-11-9(10)12-8-5-6-2-3-7(8)4-6/h6H,2-5H2,1H3. The van der Waals surface area contributed by atoms with E-state index in [1.165, 1.54) is 19.1 Å². The zero-order valence-corrected chi connectivity index (χ0v) is 7.13. The predicted octanol–water partition coefficient (Wildman–Crippen LogP) is 2.23. The van der Waals surface area contributed by atoms with E-state index in [9.17, 15) is 4.79 Å². The summed E-state index contributed by atoms with van der Waals surface area (Å²) >= 11 is 0. The van der Waals surface area contributed by atoms with Crippen LogP contribution in [-0.4, -0.2) is 13.3 Å². The van der Waals surface area contributed by atoms with Crippen LogP contribution in [0.2, 0.25) is 0 Å². The number of allylic oxidation sites excluding steroid dienone is 2. The monoisotopic (exact) mass is 168 g/mol. The van der Waals surface area contributed by atoms with Crippen LogP contribution in [-0.2, 0) is 9.47 Å². The molecule has 0 amide bonds. The predicted molar refractivity (Wildman–Crippen MR) is 42.5 cm³/mol. The van der Waals surface area contributed by atoms with Crippen LogP contribution >= 0.6 is 0 Å². The van der Waals surface area contributed by atoms with E-state index in [0.29, 0.717) is 0 Å². The topological polar surface area (TPSA) is 35.5 Å². The lowest BCUT2D eigenvalue weighted by molar-refractivity contribution is 0.0931. The first-order valence-corrected chi connectivity index (χ1v) is 4.26. The van der Waals surface area contributed by atoms with Gasteiger partial charge in [-0.05, 0) is 30.8 Å². The smallest absolute Gasteiger partial charge is 0.437 e. The van der Waals surface area contributed by atoms with Crippen LogP contribution in [0.4, 0.5) is 4.79 Å². The minimum absolute atomic E-state index is 0.579. The van der Waals surface area contributed by atoms with Gasteiger partial charge in [0.25, 0.3) is 0 Å². The Morgan fingerprint density at radius 3 is 2.83 bits per heavy atom. The average molecular weight is 168 g/mol. The zero-order valence-electron chi connectivity index (χ0n) is 7.13. The van der Waals surface area contributed by atoms with Crippen molar-refractivity contribution in [2.24, 2.45) is 5.92 Å². The lowest BCUT2D eigenvalue weighted by atomic mass is 10.1.